The highest BCUT2D eigenvalue weighted by Gasteiger charge is 2.24. The van der Waals surface area contributed by atoms with E-state index in [1.807, 2.05) is 25.1 Å². The monoisotopic (exact) mass is 287 g/mol. The van der Waals surface area contributed by atoms with E-state index in [0.29, 0.717) is 12.8 Å². The predicted molar refractivity (Wildman–Crippen MR) is 68.7 cm³/mol. The van der Waals surface area contributed by atoms with Crippen LogP contribution in [0.3, 0.4) is 0 Å². The second-order valence-electron chi connectivity index (χ2n) is 3.91. The standard InChI is InChI=1S/C12H18BrNO2/c1-3-12(15,8-14)7-9-6-10(13)4-5-11(9)16-2/h4-6,15H,3,7-8,14H2,1-2H3. The van der Waals surface area contributed by atoms with Crippen molar-refractivity contribution in [2.75, 3.05) is 13.7 Å². The third-order valence-electron chi connectivity index (χ3n) is 2.80. The normalized spacial score (nSPS) is 14.6. The highest BCUT2D eigenvalue weighted by molar-refractivity contribution is 9.10. The number of halogens is 1. The van der Waals surface area contributed by atoms with Gasteiger partial charge in [-0.3, -0.25) is 0 Å². The minimum absolute atomic E-state index is 0.249. The fourth-order valence-corrected chi connectivity index (χ4v) is 1.99. The SMILES string of the molecule is CCC(O)(CN)Cc1cc(Br)ccc1OC. The highest BCUT2D eigenvalue weighted by Crippen LogP contribution is 2.27. The first-order valence-corrected chi connectivity index (χ1v) is 6.09. The summed E-state index contributed by atoms with van der Waals surface area (Å²) in [4.78, 5) is 0. The van der Waals surface area contributed by atoms with E-state index in [2.05, 4.69) is 15.9 Å². The predicted octanol–water partition coefficient (Wildman–Crippen LogP) is 2.10. The Hall–Kier alpha value is -0.580. The van der Waals surface area contributed by atoms with Crippen LogP contribution >= 0.6 is 15.9 Å². The number of rotatable bonds is 5. The molecule has 0 saturated carbocycles. The zero-order valence-electron chi connectivity index (χ0n) is 9.66. The van der Waals surface area contributed by atoms with Crippen LogP contribution in [0.5, 0.6) is 5.75 Å². The maximum absolute atomic E-state index is 10.2. The van der Waals surface area contributed by atoms with Crippen molar-refractivity contribution in [3.8, 4) is 5.75 Å². The van der Waals surface area contributed by atoms with E-state index >= 15 is 0 Å². The van der Waals surface area contributed by atoms with Crippen molar-refractivity contribution in [1.29, 1.82) is 0 Å². The third kappa shape index (κ3) is 3.20. The Balaban J connectivity index is 2.98. The van der Waals surface area contributed by atoms with Gasteiger partial charge in [-0.25, -0.2) is 0 Å². The number of ether oxygens (including phenoxy) is 1. The van der Waals surface area contributed by atoms with Crippen molar-refractivity contribution in [2.45, 2.75) is 25.4 Å². The molecule has 90 valence electrons. The van der Waals surface area contributed by atoms with Gasteiger partial charge in [0.05, 0.1) is 12.7 Å². The lowest BCUT2D eigenvalue weighted by Crippen LogP contribution is -2.39. The van der Waals surface area contributed by atoms with E-state index < -0.39 is 5.60 Å². The van der Waals surface area contributed by atoms with Gasteiger partial charge >= 0.3 is 0 Å². The van der Waals surface area contributed by atoms with Crippen LogP contribution < -0.4 is 10.5 Å². The van der Waals surface area contributed by atoms with Gasteiger partial charge in [0.2, 0.25) is 0 Å². The van der Waals surface area contributed by atoms with Crippen LogP contribution in [-0.2, 0) is 6.42 Å². The lowest BCUT2D eigenvalue weighted by molar-refractivity contribution is 0.0450. The average molecular weight is 288 g/mol. The molecule has 16 heavy (non-hydrogen) atoms. The minimum atomic E-state index is -0.853. The highest BCUT2D eigenvalue weighted by atomic mass is 79.9. The van der Waals surface area contributed by atoms with Crippen LogP contribution in [0.4, 0.5) is 0 Å². The molecule has 3 N–H and O–H groups in total. The first-order chi connectivity index (χ1) is 7.54. The van der Waals surface area contributed by atoms with E-state index in [1.165, 1.54) is 0 Å². The fraction of sp³-hybridized carbons (Fsp3) is 0.500. The largest absolute Gasteiger partial charge is 0.496 e. The molecular formula is C12H18BrNO2. The molecule has 1 atom stereocenters. The first-order valence-electron chi connectivity index (χ1n) is 5.29. The molecule has 0 spiro atoms. The van der Waals surface area contributed by atoms with Crippen molar-refractivity contribution in [1.82, 2.24) is 0 Å². The number of benzene rings is 1. The molecule has 1 aromatic carbocycles. The summed E-state index contributed by atoms with van der Waals surface area (Å²) in [5, 5.41) is 10.2. The van der Waals surface area contributed by atoms with Gasteiger partial charge in [0.1, 0.15) is 5.75 Å². The smallest absolute Gasteiger partial charge is 0.122 e. The summed E-state index contributed by atoms with van der Waals surface area (Å²) < 4.78 is 6.23. The molecule has 1 unspecified atom stereocenters. The van der Waals surface area contributed by atoms with Crippen molar-refractivity contribution in [3.05, 3.63) is 28.2 Å². The van der Waals surface area contributed by atoms with Gasteiger partial charge < -0.3 is 15.6 Å². The quantitative estimate of drug-likeness (QED) is 0.872. The zero-order chi connectivity index (χ0) is 12.2. The lowest BCUT2D eigenvalue weighted by atomic mass is 9.91. The topological polar surface area (TPSA) is 55.5 Å². The van der Waals surface area contributed by atoms with Crippen molar-refractivity contribution in [2.24, 2.45) is 5.73 Å². The molecule has 1 rings (SSSR count). The molecule has 0 bridgehead atoms. The fourth-order valence-electron chi connectivity index (χ4n) is 1.58. The van der Waals surface area contributed by atoms with Crippen LogP contribution in [-0.4, -0.2) is 24.4 Å². The second kappa shape index (κ2) is 5.66. The Morgan fingerprint density at radius 2 is 2.19 bits per heavy atom. The minimum Gasteiger partial charge on any atom is -0.496 e. The molecule has 1 aromatic rings. The van der Waals surface area contributed by atoms with E-state index in [9.17, 15) is 5.11 Å². The second-order valence-corrected chi connectivity index (χ2v) is 4.83. The van der Waals surface area contributed by atoms with Crippen LogP contribution in [0.1, 0.15) is 18.9 Å². The van der Waals surface area contributed by atoms with Gasteiger partial charge in [-0.05, 0) is 30.2 Å². The number of aliphatic hydroxyl groups is 1. The summed E-state index contributed by atoms with van der Waals surface area (Å²) in [5.74, 6) is 0.781. The summed E-state index contributed by atoms with van der Waals surface area (Å²) >= 11 is 3.41. The Morgan fingerprint density at radius 3 is 2.69 bits per heavy atom. The van der Waals surface area contributed by atoms with Crippen molar-refractivity contribution in [3.63, 3.8) is 0 Å². The summed E-state index contributed by atoms with van der Waals surface area (Å²) in [7, 11) is 1.63. The van der Waals surface area contributed by atoms with Gasteiger partial charge in [-0.15, -0.1) is 0 Å². The average Bonchev–Trinajstić information content (AvgIpc) is 2.29. The van der Waals surface area contributed by atoms with Crippen molar-refractivity contribution >= 4 is 15.9 Å². The number of hydrogen-bond acceptors (Lipinski definition) is 3. The van der Waals surface area contributed by atoms with E-state index in [4.69, 9.17) is 10.5 Å². The van der Waals surface area contributed by atoms with Gasteiger partial charge in [0.25, 0.3) is 0 Å². The molecule has 0 radical (unpaired) electrons. The van der Waals surface area contributed by atoms with Crippen LogP contribution in [0.2, 0.25) is 0 Å². The van der Waals surface area contributed by atoms with E-state index in [-0.39, 0.29) is 6.54 Å². The van der Waals surface area contributed by atoms with Gasteiger partial charge in [0, 0.05) is 17.4 Å². The van der Waals surface area contributed by atoms with Crippen LogP contribution in [0.25, 0.3) is 0 Å². The molecule has 0 saturated heterocycles. The molecule has 0 aromatic heterocycles. The number of nitrogens with two attached hydrogens (primary N) is 1. The van der Waals surface area contributed by atoms with E-state index in [1.54, 1.807) is 7.11 Å². The zero-order valence-corrected chi connectivity index (χ0v) is 11.3. The molecule has 4 heteroatoms. The maximum Gasteiger partial charge on any atom is 0.122 e. The molecular weight excluding hydrogens is 270 g/mol. The Kier molecular flexibility index (Phi) is 4.77. The molecule has 3 nitrogen and oxygen atoms in total. The summed E-state index contributed by atoms with van der Waals surface area (Å²) in [6, 6.07) is 5.75. The van der Waals surface area contributed by atoms with Gasteiger partial charge in [0.15, 0.2) is 0 Å². The molecule has 0 amide bonds. The third-order valence-corrected chi connectivity index (χ3v) is 3.29. The molecule has 0 aliphatic carbocycles. The van der Waals surface area contributed by atoms with Crippen LogP contribution in [0, 0.1) is 0 Å². The van der Waals surface area contributed by atoms with Crippen LogP contribution in [0.15, 0.2) is 22.7 Å². The molecule has 0 aliphatic rings. The summed E-state index contributed by atoms with van der Waals surface area (Å²) in [5.41, 5.74) is 5.70. The maximum atomic E-state index is 10.2. The summed E-state index contributed by atoms with van der Waals surface area (Å²) in [6.45, 7) is 2.18. The molecule has 0 heterocycles. The lowest BCUT2D eigenvalue weighted by Gasteiger charge is -2.25. The molecule has 0 aliphatic heterocycles. The number of hydrogen-bond donors (Lipinski definition) is 2. The van der Waals surface area contributed by atoms with Gasteiger partial charge in [-0.1, -0.05) is 22.9 Å². The Labute approximate surface area is 105 Å². The number of methoxy groups -OCH3 is 1. The Morgan fingerprint density at radius 1 is 1.50 bits per heavy atom. The van der Waals surface area contributed by atoms with E-state index in [0.717, 1.165) is 15.8 Å². The first kappa shape index (κ1) is 13.5. The van der Waals surface area contributed by atoms with Crippen molar-refractivity contribution < 1.29 is 9.84 Å². The molecule has 0 fully saturated rings. The summed E-state index contributed by atoms with van der Waals surface area (Å²) in [6.07, 6.45) is 1.13. The Bertz CT molecular complexity index is 351. The van der Waals surface area contributed by atoms with Gasteiger partial charge in [-0.2, -0.15) is 0 Å².